The topological polar surface area (TPSA) is 78.0 Å². The molecule has 0 saturated heterocycles. The standard InChI is InChI=1S/C18H19N3O2S/c1-4-12-5-7-13(8-6-12)14-9-24-17-15(14)18(23)21(11(3)20-17)10(2)16(19)22/h5-10H,4H2,1-3H3,(H2,19,22). The van der Waals surface area contributed by atoms with Gasteiger partial charge in [0.05, 0.1) is 5.39 Å². The number of primary amides is 1. The van der Waals surface area contributed by atoms with E-state index in [0.717, 1.165) is 17.5 Å². The molecule has 0 radical (unpaired) electrons. The average molecular weight is 341 g/mol. The molecule has 1 aromatic carbocycles. The van der Waals surface area contributed by atoms with E-state index in [9.17, 15) is 9.59 Å². The van der Waals surface area contributed by atoms with Crippen LogP contribution in [0.2, 0.25) is 0 Å². The third-order valence-corrected chi connectivity index (χ3v) is 5.16. The summed E-state index contributed by atoms with van der Waals surface area (Å²) < 4.78 is 1.38. The number of rotatable bonds is 4. The van der Waals surface area contributed by atoms with E-state index >= 15 is 0 Å². The minimum Gasteiger partial charge on any atom is -0.368 e. The lowest BCUT2D eigenvalue weighted by molar-refractivity contribution is -0.120. The van der Waals surface area contributed by atoms with Gasteiger partial charge in [-0.25, -0.2) is 4.98 Å². The maximum absolute atomic E-state index is 13.0. The Morgan fingerprint density at radius 2 is 2.00 bits per heavy atom. The van der Waals surface area contributed by atoms with E-state index < -0.39 is 11.9 Å². The molecule has 24 heavy (non-hydrogen) atoms. The van der Waals surface area contributed by atoms with E-state index in [1.807, 2.05) is 17.5 Å². The summed E-state index contributed by atoms with van der Waals surface area (Å²) >= 11 is 1.44. The predicted molar refractivity (Wildman–Crippen MR) is 97.3 cm³/mol. The van der Waals surface area contributed by atoms with Gasteiger partial charge >= 0.3 is 0 Å². The quantitative estimate of drug-likeness (QED) is 0.792. The summed E-state index contributed by atoms with van der Waals surface area (Å²) in [5.74, 6) is -0.0565. The fourth-order valence-electron chi connectivity index (χ4n) is 2.82. The molecule has 0 aliphatic heterocycles. The molecule has 0 aliphatic rings. The Bertz CT molecular complexity index is 970. The molecule has 3 aromatic rings. The molecular formula is C18H19N3O2S. The predicted octanol–water partition coefficient (Wildman–Crippen LogP) is 3.04. The van der Waals surface area contributed by atoms with Gasteiger partial charge in [0.25, 0.3) is 5.56 Å². The zero-order chi connectivity index (χ0) is 17.4. The minimum atomic E-state index is -0.732. The summed E-state index contributed by atoms with van der Waals surface area (Å²) in [5, 5.41) is 2.49. The van der Waals surface area contributed by atoms with Crippen molar-refractivity contribution >= 4 is 27.5 Å². The summed E-state index contributed by atoms with van der Waals surface area (Å²) in [7, 11) is 0. The molecule has 6 heteroatoms. The van der Waals surface area contributed by atoms with Crippen LogP contribution in [0.15, 0.2) is 34.4 Å². The van der Waals surface area contributed by atoms with Gasteiger partial charge in [-0.05, 0) is 31.4 Å². The van der Waals surface area contributed by atoms with Crippen LogP contribution < -0.4 is 11.3 Å². The van der Waals surface area contributed by atoms with E-state index in [1.54, 1.807) is 13.8 Å². The Labute approximate surface area is 143 Å². The summed E-state index contributed by atoms with van der Waals surface area (Å²) in [6.45, 7) is 5.44. The van der Waals surface area contributed by atoms with Crippen LogP contribution in [-0.2, 0) is 11.2 Å². The van der Waals surface area contributed by atoms with Gasteiger partial charge in [-0.1, -0.05) is 31.2 Å². The maximum atomic E-state index is 13.0. The second-order valence-corrected chi connectivity index (χ2v) is 6.65. The molecule has 124 valence electrons. The Kier molecular flexibility index (Phi) is 4.24. The number of thiophene rings is 1. The molecule has 3 rings (SSSR count). The Morgan fingerprint density at radius 1 is 1.33 bits per heavy atom. The van der Waals surface area contributed by atoms with Crippen LogP contribution in [-0.4, -0.2) is 15.5 Å². The number of benzene rings is 1. The van der Waals surface area contributed by atoms with Crippen LogP contribution in [0.25, 0.3) is 21.3 Å². The first-order valence-corrected chi connectivity index (χ1v) is 8.71. The zero-order valence-electron chi connectivity index (χ0n) is 13.9. The Hall–Kier alpha value is -2.47. The number of nitrogens with zero attached hydrogens (tertiary/aromatic N) is 2. The van der Waals surface area contributed by atoms with E-state index in [4.69, 9.17) is 5.73 Å². The number of carbonyl (C=O) groups excluding carboxylic acids is 1. The highest BCUT2D eigenvalue weighted by Crippen LogP contribution is 2.31. The zero-order valence-corrected chi connectivity index (χ0v) is 14.7. The summed E-state index contributed by atoms with van der Waals surface area (Å²) in [5.41, 5.74) is 8.22. The van der Waals surface area contributed by atoms with Crippen LogP contribution in [0.5, 0.6) is 0 Å². The smallest absolute Gasteiger partial charge is 0.263 e. The van der Waals surface area contributed by atoms with Gasteiger partial charge in [-0.3, -0.25) is 14.2 Å². The lowest BCUT2D eigenvalue weighted by Gasteiger charge is -2.14. The number of hydrogen-bond acceptors (Lipinski definition) is 4. The molecule has 0 aliphatic carbocycles. The first-order chi connectivity index (χ1) is 11.4. The van der Waals surface area contributed by atoms with Gasteiger partial charge in [0.2, 0.25) is 5.91 Å². The summed E-state index contributed by atoms with van der Waals surface area (Å²) in [6.07, 6.45) is 0.967. The highest BCUT2D eigenvalue weighted by atomic mass is 32.1. The molecule has 2 aromatic heterocycles. The Balaban J connectivity index is 2.26. The van der Waals surface area contributed by atoms with Crippen molar-refractivity contribution in [1.82, 2.24) is 9.55 Å². The minimum absolute atomic E-state index is 0.223. The molecule has 0 fully saturated rings. The van der Waals surface area contributed by atoms with Crippen molar-refractivity contribution in [2.75, 3.05) is 0 Å². The highest BCUT2D eigenvalue weighted by molar-refractivity contribution is 7.17. The van der Waals surface area contributed by atoms with Crippen molar-refractivity contribution in [2.45, 2.75) is 33.2 Å². The van der Waals surface area contributed by atoms with Gasteiger partial charge in [0, 0.05) is 10.9 Å². The van der Waals surface area contributed by atoms with Crippen molar-refractivity contribution in [2.24, 2.45) is 5.73 Å². The van der Waals surface area contributed by atoms with Crippen LogP contribution in [0.3, 0.4) is 0 Å². The number of aryl methyl sites for hydroxylation is 2. The molecule has 0 saturated carbocycles. The van der Waals surface area contributed by atoms with Crippen molar-refractivity contribution in [3.05, 3.63) is 51.4 Å². The number of amides is 1. The monoisotopic (exact) mass is 341 g/mol. The van der Waals surface area contributed by atoms with Gasteiger partial charge < -0.3 is 5.73 Å². The average Bonchev–Trinajstić information content (AvgIpc) is 2.98. The van der Waals surface area contributed by atoms with E-state index in [0.29, 0.717) is 16.0 Å². The molecule has 0 spiro atoms. The van der Waals surface area contributed by atoms with Crippen molar-refractivity contribution in [3.8, 4) is 11.1 Å². The molecule has 1 amide bonds. The van der Waals surface area contributed by atoms with Crippen LogP contribution >= 0.6 is 11.3 Å². The van der Waals surface area contributed by atoms with E-state index in [1.165, 1.54) is 21.5 Å². The van der Waals surface area contributed by atoms with Crippen molar-refractivity contribution in [3.63, 3.8) is 0 Å². The first kappa shape index (κ1) is 16.4. The number of hydrogen-bond donors (Lipinski definition) is 1. The van der Waals surface area contributed by atoms with Crippen LogP contribution in [0.4, 0.5) is 0 Å². The third-order valence-electron chi connectivity index (χ3n) is 4.29. The first-order valence-electron chi connectivity index (χ1n) is 7.83. The largest absolute Gasteiger partial charge is 0.368 e. The molecule has 1 unspecified atom stereocenters. The summed E-state index contributed by atoms with van der Waals surface area (Å²) in [4.78, 5) is 29.7. The molecule has 0 bridgehead atoms. The van der Waals surface area contributed by atoms with Gasteiger partial charge in [0.1, 0.15) is 16.7 Å². The van der Waals surface area contributed by atoms with Crippen molar-refractivity contribution < 1.29 is 4.79 Å². The Morgan fingerprint density at radius 3 is 2.58 bits per heavy atom. The summed E-state index contributed by atoms with van der Waals surface area (Å²) in [6, 6.07) is 7.42. The molecular weight excluding hydrogens is 322 g/mol. The molecule has 2 heterocycles. The van der Waals surface area contributed by atoms with E-state index in [2.05, 4.69) is 24.0 Å². The van der Waals surface area contributed by atoms with Gasteiger partial charge in [-0.15, -0.1) is 11.3 Å². The van der Waals surface area contributed by atoms with E-state index in [-0.39, 0.29) is 5.56 Å². The van der Waals surface area contributed by atoms with Gasteiger partial charge in [0.15, 0.2) is 0 Å². The van der Waals surface area contributed by atoms with Crippen molar-refractivity contribution in [1.29, 1.82) is 0 Å². The second-order valence-electron chi connectivity index (χ2n) is 5.79. The molecule has 2 N–H and O–H groups in total. The lowest BCUT2D eigenvalue weighted by atomic mass is 10.0. The lowest BCUT2D eigenvalue weighted by Crippen LogP contribution is -2.34. The van der Waals surface area contributed by atoms with Gasteiger partial charge in [-0.2, -0.15) is 0 Å². The SMILES string of the molecule is CCc1ccc(-c2csc3nc(C)n(C(C)C(N)=O)c(=O)c23)cc1. The molecule has 1 atom stereocenters. The molecule has 5 nitrogen and oxygen atoms in total. The number of aromatic nitrogens is 2. The normalized spacial score (nSPS) is 12.5. The highest BCUT2D eigenvalue weighted by Gasteiger charge is 2.20. The second kappa shape index (κ2) is 6.20. The number of nitrogens with two attached hydrogens (primary N) is 1. The number of carbonyl (C=O) groups is 1. The third kappa shape index (κ3) is 2.63. The van der Waals surface area contributed by atoms with Crippen LogP contribution in [0.1, 0.15) is 31.3 Å². The fourth-order valence-corrected chi connectivity index (χ4v) is 3.80. The van der Waals surface area contributed by atoms with Crippen LogP contribution in [0, 0.1) is 6.92 Å². The number of fused-ring (bicyclic) bond motifs is 1. The maximum Gasteiger partial charge on any atom is 0.263 e. The fraction of sp³-hybridized carbons (Fsp3) is 0.278.